The lowest BCUT2D eigenvalue weighted by atomic mass is 10.1. The summed E-state index contributed by atoms with van der Waals surface area (Å²) in [5.74, 6) is 0.754. The highest BCUT2D eigenvalue weighted by Gasteiger charge is 2.17. The maximum atomic E-state index is 5.67. The Hall–Kier alpha value is 0.210. The van der Waals surface area contributed by atoms with Crippen molar-refractivity contribution in [2.24, 2.45) is 0 Å². The van der Waals surface area contributed by atoms with Crippen LogP contribution < -0.4 is 0 Å². The van der Waals surface area contributed by atoms with Crippen molar-refractivity contribution in [2.75, 3.05) is 32.6 Å². The molecule has 0 aromatic heterocycles. The van der Waals surface area contributed by atoms with Gasteiger partial charge in [0.15, 0.2) is 0 Å². The van der Waals surface area contributed by atoms with Crippen LogP contribution in [0.25, 0.3) is 0 Å². The van der Waals surface area contributed by atoms with E-state index < -0.39 is 0 Å². The van der Waals surface area contributed by atoms with E-state index in [1.807, 2.05) is 0 Å². The molecule has 0 amide bonds. The second kappa shape index (κ2) is 7.49. The lowest BCUT2D eigenvalue weighted by molar-refractivity contribution is 0.00780. The molecule has 0 heterocycles. The third-order valence-corrected chi connectivity index (χ3v) is 2.91. The Balaban J connectivity index is 3.71. The smallest absolute Gasteiger partial charge is 0.0634 e. The summed E-state index contributed by atoms with van der Waals surface area (Å²) < 4.78 is 5.38. The summed E-state index contributed by atoms with van der Waals surface area (Å²) in [6.45, 7) is 9.73. The number of hydrogen-bond donors (Lipinski definition) is 0. The van der Waals surface area contributed by atoms with E-state index in [2.05, 4.69) is 25.7 Å². The first-order valence-corrected chi connectivity index (χ1v) is 5.92. The molecule has 0 aliphatic rings. The van der Waals surface area contributed by atoms with E-state index in [0.29, 0.717) is 0 Å². The molecule has 14 heavy (non-hydrogen) atoms. The van der Waals surface area contributed by atoms with Crippen LogP contribution >= 0.6 is 11.6 Å². The van der Waals surface area contributed by atoms with Gasteiger partial charge in [0.2, 0.25) is 0 Å². The zero-order chi connectivity index (χ0) is 11.0. The van der Waals surface area contributed by atoms with E-state index in [9.17, 15) is 0 Å². The molecule has 0 aliphatic heterocycles. The molecule has 0 spiro atoms. The summed E-state index contributed by atoms with van der Waals surface area (Å²) in [4.78, 5) is 2.42. The SMILES string of the molecule is CCN(CCCCl)CCC(C)(C)OC. The molecular weight excluding hydrogens is 198 g/mol. The molecular formula is C11H24ClNO. The zero-order valence-electron chi connectivity index (χ0n) is 9.98. The van der Waals surface area contributed by atoms with E-state index in [-0.39, 0.29) is 5.60 Å². The van der Waals surface area contributed by atoms with Crippen molar-refractivity contribution in [3.63, 3.8) is 0 Å². The van der Waals surface area contributed by atoms with Crippen LogP contribution in [0.4, 0.5) is 0 Å². The molecule has 86 valence electrons. The molecule has 0 aromatic rings. The fourth-order valence-corrected chi connectivity index (χ4v) is 1.36. The van der Waals surface area contributed by atoms with Crippen LogP contribution in [0, 0.1) is 0 Å². The van der Waals surface area contributed by atoms with Gasteiger partial charge in [-0.25, -0.2) is 0 Å². The number of hydrogen-bond acceptors (Lipinski definition) is 2. The maximum absolute atomic E-state index is 5.67. The highest BCUT2D eigenvalue weighted by Crippen LogP contribution is 2.13. The minimum absolute atomic E-state index is 0.00557. The first-order chi connectivity index (χ1) is 6.55. The third kappa shape index (κ3) is 6.63. The Labute approximate surface area is 93.6 Å². The Kier molecular flexibility index (Phi) is 7.61. The normalized spacial score (nSPS) is 12.4. The predicted octanol–water partition coefficient (Wildman–Crippen LogP) is 2.75. The van der Waals surface area contributed by atoms with Gasteiger partial charge in [-0.05, 0) is 39.8 Å². The van der Waals surface area contributed by atoms with Crippen LogP contribution in [0.15, 0.2) is 0 Å². The molecule has 0 aliphatic carbocycles. The van der Waals surface area contributed by atoms with Crippen molar-refractivity contribution in [2.45, 2.75) is 39.2 Å². The summed E-state index contributed by atoms with van der Waals surface area (Å²) in [7, 11) is 1.77. The monoisotopic (exact) mass is 221 g/mol. The van der Waals surface area contributed by atoms with E-state index in [0.717, 1.165) is 38.4 Å². The van der Waals surface area contributed by atoms with E-state index in [1.54, 1.807) is 7.11 Å². The van der Waals surface area contributed by atoms with E-state index >= 15 is 0 Å². The summed E-state index contributed by atoms with van der Waals surface area (Å²) in [5.41, 5.74) is -0.00557. The summed E-state index contributed by atoms with van der Waals surface area (Å²) in [6.07, 6.45) is 2.14. The predicted molar refractivity (Wildman–Crippen MR) is 63.2 cm³/mol. The van der Waals surface area contributed by atoms with Crippen molar-refractivity contribution < 1.29 is 4.74 Å². The molecule has 0 saturated carbocycles. The standard InChI is InChI=1S/C11H24ClNO/c1-5-13(9-6-8-12)10-7-11(2,3)14-4/h5-10H2,1-4H3. The van der Waals surface area contributed by atoms with Gasteiger partial charge in [0.1, 0.15) is 0 Å². The van der Waals surface area contributed by atoms with Crippen molar-refractivity contribution >= 4 is 11.6 Å². The minimum atomic E-state index is -0.00557. The fourth-order valence-electron chi connectivity index (χ4n) is 1.24. The van der Waals surface area contributed by atoms with Crippen LogP contribution in [0.1, 0.15) is 33.6 Å². The van der Waals surface area contributed by atoms with Gasteiger partial charge in [-0.1, -0.05) is 6.92 Å². The minimum Gasteiger partial charge on any atom is -0.379 e. The average molecular weight is 222 g/mol. The van der Waals surface area contributed by atoms with Crippen molar-refractivity contribution in [3.8, 4) is 0 Å². The number of rotatable bonds is 8. The van der Waals surface area contributed by atoms with Gasteiger partial charge >= 0.3 is 0 Å². The van der Waals surface area contributed by atoms with E-state index in [1.165, 1.54) is 0 Å². The molecule has 0 rings (SSSR count). The van der Waals surface area contributed by atoms with Crippen molar-refractivity contribution in [3.05, 3.63) is 0 Å². The van der Waals surface area contributed by atoms with Gasteiger partial charge in [0.25, 0.3) is 0 Å². The van der Waals surface area contributed by atoms with Gasteiger partial charge in [0, 0.05) is 19.5 Å². The molecule has 0 aromatic carbocycles. The second-order valence-electron chi connectivity index (χ2n) is 4.19. The summed E-state index contributed by atoms with van der Waals surface area (Å²) in [5, 5.41) is 0. The van der Waals surface area contributed by atoms with E-state index in [4.69, 9.17) is 16.3 Å². The summed E-state index contributed by atoms with van der Waals surface area (Å²) in [6, 6.07) is 0. The van der Waals surface area contributed by atoms with Gasteiger partial charge in [-0.3, -0.25) is 0 Å². The Morgan fingerprint density at radius 2 is 1.93 bits per heavy atom. The highest BCUT2D eigenvalue weighted by atomic mass is 35.5. The lowest BCUT2D eigenvalue weighted by Gasteiger charge is -2.27. The second-order valence-corrected chi connectivity index (χ2v) is 4.57. The first-order valence-electron chi connectivity index (χ1n) is 5.39. The Morgan fingerprint density at radius 3 is 2.36 bits per heavy atom. The highest BCUT2D eigenvalue weighted by molar-refractivity contribution is 6.17. The lowest BCUT2D eigenvalue weighted by Crippen LogP contribution is -2.33. The van der Waals surface area contributed by atoms with Gasteiger partial charge in [-0.2, -0.15) is 0 Å². The molecule has 0 bridgehead atoms. The quantitative estimate of drug-likeness (QED) is 0.585. The van der Waals surface area contributed by atoms with Crippen LogP contribution in [-0.4, -0.2) is 43.1 Å². The first kappa shape index (κ1) is 14.2. The molecule has 0 atom stereocenters. The van der Waals surface area contributed by atoms with Crippen molar-refractivity contribution in [1.82, 2.24) is 4.90 Å². The van der Waals surface area contributed by atoms with Gasteiger partial charge in [-0.15, -0.1) is 11.6 Å². The number of alkyl halides is 1. The molecule has 0 unspecified atom stereocenters. The molecule has 0 fully saturated rings. The number of nitrogens with zero attached hydrogens (tertiary/aromatic N) is 1. The topological polar surface area (TPSA) is 12.5 Å². The molecule has 0 radical (unpaired) electrons. The number of halogens is 1. The van der Waals surface area contributed by atoms with Crippen LogP contribution in [0.2, 0.25) is 0 Å². The third-order valence-electron chi connectivity index (χ3n) is 2.64. The van der Waals surface area contributed by atoms with Crippen molar-refractivity contribution in [1.29, 1.82) is 0 Å². The Bertz CT molecular complexity index is 139. The maximum Gasteiger partial charge on any atom is 0.0634 e. The number of ether oxygens (including phenoxy) is 1. The van der Waals surface area contributed by atoms with Crippen LogP contribution in [0.5, 0.6) is 0 Å². The molecule has 2 nitrogen and oxygen atoms in total. The summed E-state index contributed by atoms with van der Waals surface area (Å²) >= 11 is 5.67. The fraction of sp³-hybridized carbons (Fsp3) is 1.00. The van der Waals surface area contributed by atoms with Crippen LogP contribution in [-0.2, 0) is 4.74 Å². The van der Waals surface area contributed by atoms with Gasteiger partial charge < -0.3 is 9.64 Å². The van der Waals surface area contributed by atoms with Crippen LogP contribution in [0.3, 0.4) is 0 Å². The number of methoxy groups -OCH3 is 1. The molecule has 0 saturated heterocycles. The zero-order valence-corrected chi connectivity index (χ0v) is 10.7. The molecule has 3 heteroatoms. The average Bonchev–Trinajstić information content (AvgIpc) is 2.18. The van der Waals surface area contributed by atoms with Gasteiger partial charge in [0.05, 0.1) is 5.60 Å². The molecule has 0 N–H and O–H groups in total. The Morgan fingerprint density at radius 1 is 1.29 bits per heavy atom. The largest absolute Gasteiger partial charge is 0.379 e.